The molecule has 226 valence electrons. The number of hydrogen-bond donors (Lipinski definition) is 5. The molecule has 44 heavy (non-hydrogen) atoms. The van der Waals surface area contributed by atoms with Crippen molar-refractivity contribution >= 4 is 55.4 Å². The maximum atomic E-state index is 15.8. The van der Waals surface area contributed by atoms with Crippen LogP contribution in [0.25, 0.3) is 11.1 Å². The third-order valence-corrected chi connectivity index (χ3v) is 5.77. The largest absolute Gasteiger partial charge is 0.573 e. The lowest BCUT2D eigenvalue weighted by Gasteiger charge is -2.22. The van der Waals surface area contributed by atoms with Gasteiger partial charge in [-0.15, -0.1) is 51.1 Å². The summed E-state index contributed by atoms with van der Waals surface area (Å²) in [4.78, 5) is 28.7. The normalized spacial score (nSPS) is 11.3. The molecule has 2 amide bonds. The number of alkyl halides is 3. The summed E-state index contributed by atoms with van der Waals surface area (Å²) in [6.07, 6.45) is -3.84. The molecule has 0 saturated heterocycles. The maximum absolute atomic E-state index is 15.8. The first-order valence-electron chi connectivity index (χ1n) is 12.0. The molecular weight excluding hydrogens is 645 g/mol. The summed E-state index contributed by atoms with van der Waals surface area (Å²) in [5, 5.41) is 11.7. The number of nitrogens with two attached hydrogens (primary N) is 1. The lowest BCUT2D eigenvalue weighted by Crippen LogP contribution is -2.18. The summed E-state index contributed by atoms with van der Waals surface area (Å²) in [5.41, 5.74) is 5.28. The van der Waals surface area contributed by atoms with Crippen molar-refractivity contribution in [2.45, 2.75) is 9.96 Å². The molecule has 0 atom stereocenters. The van der Waals surface area contributed by atoms with Crippen molar-refractivity contribution in [3.63, 3.8) is 0 Å². The zero-order valence-corrected chi connectivity index (χ0v) is 24.5. The standard InChI is InChI=1S/C28H18F4N4O5S3/c29-19-9-16(15-3-1-2-14(8-15)13-33)10-23(24(19)26(38)36-17-6-7-35-20(11-17)25(34)37)39-21-5-4-18(40-27(30,31)32)12-22(21)41-28(42,43)44/h1-12,42-44H,(H2,34,37)(H,35,36,38). The lowest BCUT2D eigenvalue weighted by atomic mass is 10.0. The summed E-state index contributed by atoms with van der Waals surface area (Å²) >= 11 is 12.0. The van der Waals surface area contributed by atoms with Crippen molar-refractivity contribution in [1.29, 1.82) is 5.26 Å². The van der Waals surface area contributed by atoms with Gasteiger partial charge < -0.3 is 25.3 Å². The van der Waals surface area contributed by atoms with Gasteiger partial charge in [0.05, 0.1) is 11.6 Å². The Bertz CT molecular complexity index is 1790. The number of benzene rings is 3. The fourth-order valence-corrected chi connectivity index (χ4v) is 4.06. The molecule has 3 aromatic carbocycles. The Morgan fingerprint density at radius 1 is 0.909 bits per heavy atom. The predicted octanol–water partition coefficient (Wildman–Crippen LogP) is 6.58. The van der Waals surface area contributed by atoms with Crippen LogP contribution in [0, 0.1) is 17.1 Å². The molecule has 0 fully saturated rings. The van der Waals surface area contributed by atoms with Gasteiger partial charge in [-0.05, 0) is 59.7 Å². The van der Waals surface area contributed by atoms with Crippen LogP contribution in [0.1, 0.15) is 26.4 Å². The topological polar surface area (TPSA) is 137 Å². The number of nitrogens with one attached hydrogen (secondary N) is 1. The highest BCUT2D eigenvalue weighted by Crippen LogP contribution is 2.42. The highest BCUT2D eigenvalue weighted by atomic mass is 32.2. The van der Waals surface area contributed by atoms with E-state index in [1.807, 2.05) is 6.07 Å². The van der Waals surface area contributed by atoms with E-state index < -0.39 is 50.4 Å². The second-order valence-electron chi connectivity index (χ2n) is 8.71. The number of anilines is 1. The lowest BCUT2D eigenvalue weighted by molar-refractivity contribution is -0.274. The fourth-order valence-electron chi connectivity index (χ4n) is 3.77. The molecule has 0 bridgehead atoms. The van der Waals surface area contributed by atoms with Crippen molar-refractivity contribution < 1.29 is 41.4 Å². The summed E-state index contributed by atoms with van der Waals surface area (Å²) in [5.74, 6) is -4.84. The van der Waals surface area contributed by atoms with E-state index in [9.17, 15) is 28.0 Å². The molecule has 1 heterocycles. The van der Waals surface area contributed by atoms with Crippen molar-refractivity contribution in [2.24, 2.45) is 5.73 Å². The minimum absolute atomic E-state index is 0.0395. The Kier molecular flexibility index (Phi) is 9.52. The Labute approximate surface area is 263 Å². The summed E-state index contributed by atoms with van der Waals surface area (Å²) < 4.78 is 67.8. The highest BCUT2D eigenvalue weighted by molar-refractivity contribution is 8.16. The Balaban J connectivity index is 1.84. The number of carbonyl (C=O) groups excluding carboxylic acids is 2. The molecule has 9 nitrogen and oxygen atoms in total. The number of primary amides is 1. The number of nitrogens with zero attached hydrogens (tertiary/aromatic N) is 2. The van der Waals surface area contributed by atoms with Crippen LogP contribution in [0.15, 0.2) is 72.9 Å². The Morgan fingerprint density at radius 3 is 2.32 bits per heavy atom. The van der Waals surface area contributed by atoms with Crippen molar-refractivity contribution in [3.05, 3.63) is 95.6 Å². The smallest absolute Gasteiger partial charge is 0.455 e. The SMILES string of the molecule is N#Cc1cccc(-c2cc(F)c(C(=O)Nc3ccnc(C(N)=O)c3)c(Oc3ccc(OC(F)(F)F)cc3OC(S)(S)S)c2)c1. The number of aromatic nitrogens is 1. The molecule has 0 saturated carbocycles. The zero-order valence-electron chi connectivity index (χ0n) is 21.8. The number of pyridine rings is 1. The number of carbonyl (C=O) groups is 2. The van der Waals surface area contributed by atoms with Gasteiger partial charge in [0.25, 0.3) is 11.8 Å². The van der Waals surface area contributed by atoms with Crippen LogP contribution in [0.5, 0.6) is 23.0 Å². The quantitative estimate of drug-likeness (QED) is 0.0776. The van der Waals surface area contributed by atoms with E-state index in [1.165, 1.54) is 30.5 Å². The molecule has 0 unspecified atom stereocenters. The minimum Gasteiger partial charge on any atom is -0.455 e. The van der Waals surface area contributed by atoms with E-state index >= 15 is 4.39 Å². The van der Waals surface area contributed by atoms with Gasteiger partial charge in [0, 0.05) is 18.0 Å². The number of ether oxygens (including phenoxy) is 3. The number of halogens is 4. The van der Waals surface area contributed by atoms with Crippen LogP contribution in [-0.2, 0) is 0 Å². The van der Waals surface area contributed by atoms with Gasteiger partial charge in [0.1, 0.15) is 28.6 Å². The van der Waals surface area contributed by atoms with E-state index in [0.29, 0.717) is 5.56 Å². The van der Waals surface area contributed by atoms with E-state index in [4.69, 9.17) is 15.2 Å². The summed E-state index contributed by atoms with van der Waals surface area (Å²) in [6, 6.07) is 15.6. The number of amides is 2. The molecule has 0 radical (unpaired) electrons. The van der Waals surface area contributed by atoms with Crippen molar-refractivity contribution in [1.82, 2.24) is 4.98 Å². The average Bonchev–Trinajstić information content (AvgIpc) is 2.92. The van der Waals surface area contributed by atoms with Crippen molar-refractivity contribution in [3.8, 4) is 40.2 Å². The predicted molar refractivity (Wildman–Crippen MR) is 161 cm³/mol. The summed E-state index contributed by atoms with van der Waals surface area (Å²) in [7, 11) is 0. The second-order valence-corrected chi connectivity index (χ2v) is 11.7. The Hall–Kier alpha value is -4.59. The molecule has 16 heteroatoms. The highest BCUT2D eigenvalue weighted by Gasteiger charge is 2.32. The number of rotatable bonds is 9. The molecule has 0 aliphatic rings. The van der Waals surface area contributed by atoms with Gasteiger partial charge in [-0.25, -0.2) is 4.39 Å². The van der Waals surface area contributed by atoms with Gasteiger partial charge in [0.15, 0.2) is 11.5 Å². The minimum atomic E-state index is -5.04. The number of nitriles is 1. The van der Waals surface area contributed by atoms with Crippen LogP contribution < -0.4 is 25.3 Å². The van der Waals surface area contributed by atoms with Crippen LogP contribution in [0.2, 0.25) is 0 Å². The third kappa shape index (κ3) is 8.49. The monoisotopic (exact) mass is 662 g/mol. The van der Waals surface area contributed by atoms with Crippen LogP contribution >= 0.6 is 37.9 Å². The number of hydrogen-bond acceptors (Lipinski definition) is 10. The molecule has 0 aliphatic carbocycles. The Morgan fingerprint density at radius 2 is 1.66 bits per heavy atom. The van der Waals surface area contributed by atoms with Gasteiger partial charge in [0.2, 0.25) is 3.60 Å². The van der Waals surface area contributed by atoms with Gasteiger partial charge in [-0.2, -0.15) is 5.26 Å². The first-order valence-corrected chi connectivity index (χ1v) is 13.3. The second kappa shape index (κ2) is 13.0. The maximum Gasteiger partial charge on any atom is 0.573 e. The van der Waals surface area contributed by atoms with E-state index in [1.54, 1.807) is 12.1 Å². The van der Waals surface area contributed by atoms with Crippen molar-refractivity contribution in [2.75, 3.05) is 5.32 Å². The molecule has 4 aromatic rings. The first kappa shape index (κ1) is 32.3. The average molecular weight is 663 g/mol. The molecule has 4 rings (SSSR count). The van der Waals surface area contributed by atoms with Crippen LogP contribution in [0.4, 0.5) is 23.2 Å². The van der Waals surface area contributed by atoms with Crippen LogP contribution in [0.3, 0.4) is 0 Å². The van der Waals surface area contributed by atoms with E-state index in [0.717, 1.165) is 30.3 Å². The molecule has 3 N–H and O–H groups in total. The third-order valence-electron chi connectivity index (χ3n) is 5.49. The molecule has 1 aromatic heterocycles. The first-order chi connectivity index (χ1) is 20.6. The fraction of sp³-hybridized carbons (Fsp3) is 0.0714. The van der Waals surface area contributed by atoms with E-state index in [2.05, 4.69) is 52.9 Å². The van der Waals surface area contributed by atoms with Crippen LogP contribution in [-0.4, -0.2) is 26.8 Å². The number of thiol groups is 3. The van der Waals surface area contributed by atoms with Gasteiger partial charge >= 0.3 is 6.36 Å². The van der Waals surface area contributed by atoms with E-state index in [-0.39, 0.29) is 28.3 Å². The molecule has 0 aliphatic heterocycles. The zero-order chi connectivity index (χ0) is 32.2. The van der Waals surface area contributed by atoms with Gasteiger partial charge in [-0.1, -0.05) is 12.1 Å². The summed E-state index contributed by atoms with van der Waals surface area (Å²) in [6.45, 7) is 0. The molecule has 0 spiro atoms. The molecular formula is C28H18F4N4O5S3. The van der Waals surface area contributed by atoms with Gasteiger partial charge in [-0.3, -0.25) is 14.6 Å².